The van der Waals surface area contributed by atoms with Crippen LogP contribution in [0.25, 0.3) is 0 Å². The van der Waals surface area contributed by atoms with E-state index in [1.807, 2.05) is 26.1 Å². The number of carbonyl (C=O) groups excluding carboxylic acids is 1. The maximum atomic E-state index is 12.2. The topological polar surface area (TPSA) is 65.4 Å². The van der Waals surface area contributed by atoms with Gasteiger partial charge in [0.1, 0.15) is 11.5 Å². The number of nitrogens with one attached hydrogen (secondary N) is 1. The monoisotopic (exact) mass is 303 g/mol. The van der Waals surface area contributed by atoms with Gasteiger partial charge in [-0.3, -0.25) is 9.48 Å². The highest BCUT2D eigenvalue weighted by atomic mass is 16.5. The molecule has 1 amide bonds. The standard InChI is InChI=1S/C16H21N3O3/c1-11-7-8-19(18-11)12(2)9-16(20)17-14-6-5-13(21-3)10-15(14)22-4/h5-8,10,12H,9H2,1-4H3,(H,17,20). The maximum absolute atomic E-state index is 12.2. The molecule has 0 aliphatic heterocycles. The van der Waals surface area contributed by atoms with Crippen molar-refractivity contribution in [3.8, 4) is 11.5 Å². The normalized spacial score (nSPS) is 11.8. The molecule has 2 aromatic rings. The quantitative estimate of drug-likeness (QED) is 0.891. The minimum absolute atomic E-state index is 0.0158. The molecule has 0 aliphatic carbocycles. The zero-order valence-electron chi connectivity index (χ0n) is 13.3. The molecular weight excluding hydrogens is 282 g/mol. The van der Waals surface area contributed by atoms with Crippen molar-refractivity contribution in [1.82, 2.24) is 9.78 Å². The summed E-state index contributed by atoms with van der Waals surface area (Å²) < 4.78 is 12.2. The molecule has 1 unspecified atom stereocenters. The second-order valence-corrected chi connectivity index (χ2v) is 5.10. The number of methoxy groups -OCH3 is 2. The molecule has 1 N–H and O–H groups in total. The van der Waals surface area contributed by atoms with E-state index < -0.39 is 0 Å². The lowest BCUT2D eigenvalue weighted by Gasteiger charge is -2.14. The Morgan fingerprint density at radius 3 is 2.68 bits per heavy atom. The molecule has 0 fully saturated rings. The molecular formula is C16H21N3O3. The van der Waals surface area contributed by atoms with Gasteiger partial charge in [0, 0.05) is 18.7 Å². The Kier molecular flexibility index (Phi) is 5.04. The van der Waals surface area contributed by atoms with Crippen LogP contribution in [0.1, 0.15) is 25.1 Å². The second-order valence-electron chi connectivity index (χ2n) is 5.10. The predicted molar refractivity (Wildman–Crippen MR) is 84.5 cm³/mol. The Balaban J connectivity index is 2.02. The van der Waals surface area contributed by atoms with Gasteiger partial charge in [-0.25, -0.2) is 0 Å². The van der Waals surface area contributed by atoms with Crippen LogP contribution in [0.3, 0.4) is 0 Å². The van der Waals surface area contributed by atoms with E-state index in [0.717, 1.165) is 5.69 Å². The fourth-order valence-corrected chi connectivity index (χ4v) is 2.14. The van der Waals surface area contributed by atoms with Crippen LogP contribution in [-0.2, 0) is 4.79 Å². The lowest BCUT2D eigenvalue weighted by atomic mass is 10.2. The van der Waals surface area contributed by atoms with Gasteiger partial charge in [-0.15, -0.1) is 0 Å². The summed E-state index contributed by atoms with van der Waals surface area (Å²) in [6.07, 6.45) is 2.21. The van der Waals surface area contributed by atoms with E-state index in [1.54, 1.807) is 37.1 Å². The van der Waals surface area contributed by atoms with Gasteiger partial charge in [0.05, 0.1) is 31.6 Å². The van der Waals surface area contributed by atoms with E-state index in [0.29, 0.717) is 23.6 Å². The Bertz CT molecular complexity index is 652. The fourth-order valence-electron chi connectivity index (χ4n) is 2.14. The molecule has 22 heavy (non-hydrogen) atoms. The first-order valence-electron chi connectivity index (χ1n) is 7.07. The number of aryl methyl sites for hydroxylation is 1. The van der Waals surface area contributed by atoms with Crippen molar-refractivity contribution in [2.75, 3.05) is 19.5 Å². The van der Waals surface area contributed by atoms with Crippen molar-refractivity contribution in [2.24, 2.45) is 0 Å². The number of anilines is 1. The number of aromatic nitrogens is 2. The molecule has 0 aliphatic rings. The van der Waals surface area contributed by atoms with Crippen LogP contribution in [0.4, 0.5) is 5.69 Å². The summed E-state index contributed by atoms with van der Waals surface area (Å²) in [7, 11) is 3.14. The summed E-state index contributed by atoms with van der Waals surface area (Å²) in [6.45, 7) is 3.88. The zero-order chi connectivity index (χ0) is 16.1. The van der Waals surface area contributed by atoms with E-state index in [-0.39, 0.29) is 11.9 Å². The molecule has 1 aromatic carbocycles. The minimum atomic E-state index is -0.0934. The molecule has 0 spiro atoms. The largest absolute Gasteiger partial charge is 0.497 e. The highest BCUT2D eigenvalue weighted by Crippen LogP contribution is 2.29. The van der Waals surface area contributed by atoms with Crippen LogP contribution in [0.2, 0.25) is 0 Å². The number of ether oxygens (including phenoxy) is 2. The molecule has 1 heterocycles. The van der Waals surface area contributed by atoms with Crippen LogP contribution in [0.5, 0.6) is 11.5 Å². The molecule has 0 saturated carbocycles. The van der Waals surface area contributed by atoms with Crippen molar-refractivity contribution >= 4 is 11.6 Å². The Hall–Kier alpha value is -2.50. The second kappa shape index (κ2) is 6.98. The Labute approximate surface area is 130 Å². The van der Waals surface area contributed by atoms with E-state index in [9.17, 15) is 4.79 Å². The highest BCUT2D eigenvalue weighted by molar-refractivity contribution is 5.92. The van der Waals surface area contributed by atoms with Gasteiger partial charge >= 0.3 is 0 Å². The third-order valence-corrected chi connectivity index (χ3v) is 3.36. The molecule has 118 valence electrons. The van der Waals surface area contributed by atoms with Gasteiger partial charge in [-0.05, 0) is 32.0 Å². The number of amides is 1. The van der Waals surface area contributed by atoms with Crippen molar-refractivity contribution < 1.29 is 14.3 Å². The SMILES string of the molecule is COc1ccc(NC(=O)CC(C)n2ccc(C)n2)c(OC)c1. The van der Waals surface area contributed by atoms with Crippen molar-refractivity contribution in [3.63, 3.8) is 0 Å². The third kappa shape index (κ3) is 3.78. The molecule has 0 radical (unpaired) electrons. The van der Waals surface area contributed by atoms with E-state index in [2.05, 4.69) is 10.4 Å². The zero-order valence-corrected chi connectivity index (χ0v) is 13.3. The molecule has 1 atom stereocenters. The van der Waals surface area contributed by atoms with Crippen molar-refractivity contribution in [1.29, 1.82) is 0 Å². The van der Waals surface area contributed by atoms with E-state index in [4.69, 9.17) is 9.47 Å². The number of rotatable bonds is 6. The Morgan fingerprint density at radius 2 is 2.09 bits per heavy atom. The summed E-state index contributed by atoms with van der Waals surface area (Å²) in [6, 6.07) is 7.17. The van der Waals surface area contributed by atoms with Crippen LogP contribution < -0.4 is 14.8 Å². The fraction of sp³-hybridized carbons (Fsp3) is 0.375. The molecule has 6 heteroatoms. The summed E-state index contributed by atoms with van der Waals surface area (Å²) >= 11 is 0. The lowest BCUT2D eigenvalue weighted by molar-refractivity contribution is -0.116. The van der Waals surface area contributed by atoms with Crippen LogP contribution >= 0.6 is 0 Å². The molecule has 1 aromatic heterocycles. The van der Waals surface area contributed by atoms with Gasteiger partial charge in [0.2, 0.25) is 5.91 Å². The smallest absolute Gasteiger partial charge is 0.226 e. The summed E-state index contributed by atoms with van der Waals surface area (Å²) in [4.78, 5) is 12.2. The number of carbonyl (C=O) groups is 1. The number of hydrogen-bond donors (Lipinski definition) is 1. The van der Waals surface area contributed by atoms with E-state index >= 15 is 0 Å². The molecule has 2 rings (SSSR count). The molecule has 0 saturated heterocycles. The Morgan fingerprint density at radius 1 is 1.32 bits per heavy atom. The van der Waals surface area contributed by atoms with Crippen LogP contribution in [0.15, 0.2) is 30.5 Å². The van der Waals surface area contributed by atoms with Gasteiger partial charge in [-0.1, -0.05) is 0 Å². The van der Waals surface area contributed by atoms with Gasteiger partial charge in [0.25, 0.3) is 0 Å². The number of benzene rings is 1. The third-order valence-electron chi connectivity index (χ3n) is 3.36. The highest BCUT2D eigenvalue weighted by Gasteiger charge is 2.14. The number of nitrogens with zero attached hydrogens (tertiary/aromatic N) is 2. The molecule has 0 bridgehead atoms. The predicted octanol–water partition coefficient (Wildman–Crippen LogP) is 2.80. The number of hydrogen-bond acceptors (Lipinski definition) is 4. The summed E-state index contributed by atoms with van der Waals surface area (Å²) in [5.74, 6) is 1.15. The maximum Gasteiger partial charge on any atom is 0.226 e. The van der Waals surface area contributed by atoms with E-state index in [1.165, 1.54) is 0 Å². The van der Waals surface area contributed by atoms with Gasteiger partial charge in [-0.2, -0.15) is 5.10 Å². The summed E-state index contributed by atoms with van der Waals surface area (Å²) in [5.41, 5.74) is 1.56. The first-order valence-corrected chi connectivity index (χ1v) is 7.07. The summed E-state index contributed by atoms with van der Waals surface area (Å²) in [5, 5.41) is 7.18. The average molecular weight is 303 g/mol. The van der Waals surface area contributed by atoms with Crippen molar-refractivity contribution in [2.45, 2.75) is 26.3 Å². The average Bonchev–Trinajstić information content (AvgIpc) is 2.94. The van der Waals surface area contributed by atoms with Crippen LogP contribution in [-0.4, -0.2) is 29.9 Å². The first-order chi connectivity index (χ1) is 10.5. The van der Waals surface area contributed by atoms with Gasteiger partial charge in [0.15, 0.2) is 0 Å². The molecule has 6 nitrogen and oxygen atoms in total. The van der Waals surface area contributed by atoms with Gasteiger partial charge < -0.3 is 14.8 Å². The van der Waals surface area contributed by atoms with Crippen molar-refractivity contribution in [3.05, 3.63) is 36.2 Å². The minimum Gasteiger partial charge on any atom is -0.497 e. The lowest BCUT2D eigenvalue weighted by Crippen LogP contribution is -2.18. The van der Waals surface area contributed by atoms with Crippen LogP contribution in [0, 0.1) is 6.92 Å². The first kappa shape index (κ1) is 15.9.